The molecule has 4 heteroatoms. The van der Waals surface area contributed by atoms with Crippen molar-refractivity contribution in [3.05, 3.63) is 58.4 Å². The summed E-state index contributed by atoms with van der Waals surface area (Å²) in [6.45, 7) is 3.92. The number of para-hydroxylation sites is 1. The molecule has 0 aliphatic heterocycles. The first-order valence-corrected chi connectivity index (χ1v) is 6.51. The van der Waals surface area contributed by atoms with Crippen LogP contribution in [-0.2, 0) is 6.42 Å². The average Bonchev–Trinajstić information content (AvgIpc) is 2.40. The topological polar surface area (TPSA) is 42.0 Å². The van der Waals surface area contributed by atoms with Crippen LogP contribution in [0, 0.1) is 6.92 Å². The summed E-state index contributed by atoms with van der Waals surface area (Å²) in [5.41, 5.74) is 3.16. The smallest absolute Gasteiger partial charge is 0.255 e. The normalized spacial score (nSPS) is 10.3. The zero-order valence-corrected chi connectivity index (χ0v) is 11.7. The number of aryl methyl sites for hydroxylation is 2. The van der Waals surface area contributed by atoms with Crippen LogP contribution in [0.15, 0.2) is 36.4 Å². The van der Waals surface area contributed by atoms with E-state index in [1.807, 2.05) is 38.1 Å². The highest BCUT2D eigenvalue weighted by Crippen LogP contribution is 2.16. The number of nitrogens with zero attached hydrogens (tertiary/aromatic N) is 1. The van der Waals surface area contributed by atoms with Gasteiger partial charge in [-0.15, -0.1) is 0 Å². The summed E-state index contributed by atoms with van der Waals surface area (Å²) in [5.74, 6) is -0.173. The van der Waals surface area contributed by atoms with E-state index in [9.17, 15) is 4.79 Å². The Morgan fingerprint density at radius 2 is 2.05 bits per heavy atom. The highest BCUT2D eigenvalue weighted by atomic mass is 35.5. The van der Waals surface area contributed by atoms with Crippen molar-refractivity contribution < 1.29 is 4.79 Å². The van der Waals surface area contributed by atoms with Gasteiger partial charge < -0.3 is 5.32 Å². The molecule has 0 unspecified atom stereocenters. The molecule has 19 heavy (non-hydrogen) atoms. The maximum atomic E-state index is 12.2. The third-order valence-electron chi connectivity index (χ3n) is 2.86. The molecule has 1 aromatic carbocycles. The Labute approximate surface area is 117 Å². The van der Waals surface area contributed by atoms with Crippen LogP contribution in [0.1, 0.15) is 28.5 Å². The van der Waals surface area contributed by atoms with Gasteiger partial charge in [0.25, 0.3) is 5.91 Å². The number of benzene rings is 1. The van der Waals surface area contributed by atoms with E-state index < -0.39 is 0 Å². The lowest BCUT2D eigenvalue weighted by Crippen LogP contribution is -2.13. The molecule has 0 aliphatic carbocycles. The van der Waals surface area contributed by atoms with E-state index in [0.29, 0.717) is 10.7 Å². The highest BCUT2D eigenvalue weighted by molar-refractivity contribution is 6.29. The molecule has 0 spiro atoms. The first-order valence-electron chi connectivity index (χ1n) is 6.13. The fourth-order valence-electron chi connectivity index (χ4n) is 1.77. The van der Waals surface area contributed by atoms with Crippen molar-refractivity contribution in [3.63, 3.8) is 0 Å². The van der Waals surface area contributed by atoms with Gasteiger partial charge in [-0.2, -0.15) is 0 Å². The number of anilines is 1. The molecule has 0 saturated carbocycles. The van der Waals surface area contributed by atoms with E-state index in [2.05, 4.69) is 10.3 Å². The summed E-state index contributed by atoms with van der Waals surface area (Å²) in [4.78, 5) is 16.3. The molecule has 3 nitrogen and oxygen atoms in total. The molecule has 0 bridgehead atoms. The van der Waals surface area contributed by atoms with Crippen LogP contribution in [0.4, 0.5) is 5.69 Å². The van der Waals surface area contributed by atoms with Gasteiger partial charge in [-0.05, 0) is 37.1 Å². The second kappa shape index (κ2) is 5.85. The molecule has 0 aliphatic rings. The van der Waals surface area contributed by atoms with Crippen LogP contribution in [0.25, 0.3) is 0 Å². The van der Waals surface area contributed by atoms with Gasteiger partial charge in [-0.3, -0.25) is 4.79 Å². The summed E-state index contributed by atoms with van der Waals surface area (Å²) >= 11 is 5.92. The molecule has 0 atom stereocenters. The Balaban J connectivity index is 2.25. The van der Waals surface area contributed by atoms with Crippen LogP contribution in [-0.4, -0.2) is 10.9 Å². The summed E-state index contributed by atoms with van der Waals surface area (Å²) in [6, 6.07) is 11.0. The zero-order chi connectivity index (χ0) is 13.8. The molecule has 0 fully saturated rings. The number of pyridine rings is 1. The molecule has 1 amide bonds. The van der Waals surface area contributed by atoms with Gasteiger partial charge in [-0.1, -0.05) is 36.7 Å². The first kappa shape index (κ1) is 13.6. The van der Waals surface area contributed by atoms with Crippen molar-refractivity contribution >= 4 is 23.2 Å². The number of nitrogens with one attached hydrogen (secondary N) is 1. The zero-order valence-electron chi connectivity index (χ0n) is 10.9. The maximum absolute atomic E-state index is 12.2. The van der Waals surface area contributed by atoms with Crippen LogP contribution >= 0.6 is 11.6 Å². The number of rotatable bonds is 3. The molecule has 98 valence electrons. The SMILES string of the molecule is CCc1cc(C(=O)Nc2ccccc2C)cc(Cl)n1. The highest BCUT2D eigenvalue weighted by Gasteiger charge is 2.10. The van der Waals surface area contributed by atoms with E-state index in [1.165, 1.54) is 0 Å². The van der Waals surface area contributed by atoms with Crippen LogP contribution in [0.5, 0.6) is 0 Å². The van der Waals surface area contributed by atoms with Gasteiger partial charge in [0.15, 0.2) is 0 Å². The Bertz CT molecular complexity index is 611. The Morgan fingerprint density at radius 1 is 1.32 bits per heavy atom. The first-order chi connectivity index (χ1) is 9.10. The van der Waals surface area contributed by atoms with Crippen molar-refractivity contribution in [2.75, 3.05) is 5.32 Å². The average molecular weight is 275 g/mol. The minimum atomic E-state index is -0.173. The predicted molar refractivity (Wildman–Crippen MR) is 77.8 cm³/mol. The van der Waals surface area contributed by atoms with E-state index in [0.717, 1.165) is 23.4 Å². The molecule has 0 saturated heterocycles. The second-order valence-electron chi connectivity index (χ2n) is 4.29. The van der Waals surface area contributed by atoms with Gasteiger partial charge in [0.2, 0.25) is 0 Å². The molecule has 1 N–H and O–H groups in total. The molecule has 1 heterocycles. The Hall–Kier alpha value is -1.87. The fraction of sp³-hybridized carbons (Fsp3) is 0.200. The van der Waals surface area contributed by atoms with E-state index in [-0.39, 0.29) is 5.91 Å². The van der Waals surface area contributed by atoms with Gasteiger partial charge >= 0.3 is 0 Å². The quantitative estimate of drug-likeness (QED) is 0.864. The summed E-state index contributed by atoms with van der Waals surface area (Å²) < 4.78 is 0. The maximum Gasteiger partial charge on any atom is 0.255 e. The lowest BCUT2D eigenvalue weighted by molar-refractivity contribution is 0.102. The molecule has 2 aromatic rings. The molecular formula is C15H15ClN2O. The van der Waals surface area contributed by atoms with E-state index in [4.69, 9.17) is 11.6 Å². The largest absolute Gasteiger partial charge is 0.322 e. The predicted octanol–water partition coefficient (Wildman–Crippen LogP) is 3.86. The number of aromatic nitrogens is 1. The number of carbonyl (C=O) groups is 1. The van der Waals surface area contributed by atoms with Crippen LogP contribution in [0.2, 0.25) is 5.15 Å². The second-order valence-corrected chi connectivity index (χ2v) is 4.68. The van der Waals surface area contributed by atoms with E-state index >= 15 is 0 Å². The number of carbonyl (C=O) groups excluding carboxylic acids is 1. The molecule has 2 rings (SSSR count). The van der Waals surface area contributed by atoms with Gasteiger partial charge in [0, 0.05) is 16.9 Å². The van der Waals surface area contributed by atoms with Crippen molar-refractivity contribution in [3.8, 4) is 0 Å². The van der Waals surface area contributed by atoms with Crippen molar-refractivity contribution in [1.82, 2.24) is 4.98 Å². The number of halogens is 1. The minimum Gasteiger partial charge on any atom is -0.322 e. The van der Waals surface area contributed by atoms with Crippen molar-refractivity contribution in [2.45, 2.75) is 20.3 Å². The van der Waals surface area contributed by atoms with Crippen molar-refractivity contribution in [1.29, 1.82) is 0 Å². The lowest BCUT2D eigenvalue weighted by Gasteiger charge is -2.09. The number of hydrogen-bond donors (Lipinski definition) is 1. The van der Waals surface area contributed by atoms with Crippen LogP contribution in [0.3, 0.4) is 0 Å². The number of hydrogen-bond acceptors (Lipinski definition) is 2. The van der Waals surface area contributed by atoms with Gasteiger partial charge in [-0.25, -0.2) is 4.98 Å². The number of amides is 1. The molecular weight excluding hydrogens is 260 g/mol. The fourth-order valence-corrected chi connectivity index (χ4v) is 2.00. The molecule has 0 radical (unpaired) electrons. The van der Waals surface area contributed by atoms with E-state index in [1.54, 1.807) is 12.1 Å². The van der Waals surface area contributed by atoms with Crippen LogP contribution < -0.4 is 5.32 Å². The summed E-state index contributed by atoms with van der Waals surface area (Å²) in [7, 11) is 0. The summed E-state index contributed by atoms with van der Waals surface area (Å²) in [6.07, 6.45) is 0.741. The summed E-state index contributed by atoms with van der Waals surface area (Å²) in [5, 5.41) is 3.22. The third-order valence-corrected chi connectivity index (χ3v) is 3.06. The minimum absolute atomic E-state index is 0.173. The Morgan fingerprint density at radius 3 is 2.74 bits per heavy atom. The van der Waals surface area contributed by atoms with Gasteiger partial charge in [0.1, 0.15) is 5.15 Å². The lowest BCUT2D eigenvalue weighted by atomic mass is 10.1. The van der Waals surface area contributed by atoms with Gasteiger partial charge in [0.05, 0.1) is 0 Å². The monoisotopic (exact) mass is 274 g/mol. The Kier molecular flexibility index (Phi) is 4.17. The standard InChI is InChI=1S/C15H15ClN2O/c1-3-12-8-11(9-14(16)17-12)15(19)18-13-7-5-4-6-10(13)2/h4-9H,3H2,1-2H3,(H,18,19). The molecule has 1 aromatic heterocycles. The third kappa shape index (κ3) is 3.32. The van der Waals surface area contributed by atoms with Crippen molar-refractivity contribution in [2.24, 2.45) is 0 Å².